The van der Waals surface area contributed by atoms with Crippen LogP contribution in [0.2, 0.25) is 5.02 Å². The van der Waals surface area contributed by atoms with Crippen molar-refractivity contribution in [1.29, 1.82) is 0 Å². The molecule has 5 nitrogen and oxygen atoms in total. The zero-order valence-electron chi connectivity index (χ0n) is 18.8. The van der Waals surface area contributed by atoms with Gasteiger partial charge in [0.1, 0.15) is 11.3 Å². The second-order valence-corrected chi connectivity index (χ2v) is 9.36. The molecular formula is C25H16BrClF5N3O2. The van der Waals surface area contributed by atoms with Crippen LogP contribution >= 0.6 is 27.5 Å². The van der Waals surface area contributed by atoms with E-state index < -0.39 is 41.6 Å². The van der Waals surface area contributed by atoms with E-state index >= 15 is 0 Å². The first-order valence-electron chi connectivity index (χ1n) is 10.6. The van der Waals surface area contributed by atoms with Gasteiger partial charge in [-0.2, -0.15) is 22.0 Å². The highest BCUT2D eigenvalue weighted by molar-refractivity contribution is 9.10. The summed E-state index contributed by atoms with van der Waals surface area (Å²) in [6, 6.07) is 12.6. The number of carbonyl (C=O) groups is 1. The van der Waals surface area contributed by atoms with Gasteiger partial charge in [-0.05, 0) is 48.9 Å². The van der Waals surface area contributed by atoms with E-state index in [0.717, 1.165) is 29.8 Å². The average Bonchev–Trinajstić information content (AvgIpc) is 2.82. The molecule has 0 aliphatic heterocycles. The first-order valence-corrected chi connectivity index (χ1v) is 11.8. The summed E-state index contributed by atoms with van der Waals surface area (Å²) in [4.78, 5) is 13.2. The zero-order valence-corrected chi connectivity index (χ0v) is 21.2. The Kier molecular flexibility index (Phi) is 7.38. The van der Waals surface area contributed by atoms with Crippen molar-refractivity contribution in [1.82, 2.24) is 15.5 Å². The number of ether oxygens (including phenoxy) is 1. The fourth-order valence-corrected chi connectivity index (χ4v) is 4.31. The Morgan fingerprint density at radius 3 is 2.49 bits per heavy atom. The number of nitrogens with one attached hydrogen (secondary N) is 1. The number of aromatic nitrogens is 2. The number of hydrogen-bond donors (Lipinski definition) is 1. The first-order chi connectivity index (χ1) is 17.3. The molecule has 3 aromatic carbocycles. The minimum Gasteiger partial charge on any atom is -0.437 e. The molecule has 1 N–H and O–H groups in total. The van der Waals surface area contributed by atoms with Crippen LogP contribution < -0.4 is 10.1 Å². The molecular weight excluding hydrogens is 585 g/mol. The minimum absolute atomic E-state index is 0.200. The van der Waals surface area contributed by atoms with E-state index in [-0.39, 0.29) is 27.2 Å². The van der Waals surface area contributed by atoms with Gasteiger partial charge in [-0.3, -0.25) is 4.79 Å². The molecule has 0 saturated carbocycles. The molecule has 0 atom stereocenters. The van der Waals surface area contributed by atoms with Crippen molar-refractivity contribution in [2.45, 2.75) is 19.0 Å². The summed E-state index contributed by atoms with van der Waals surface area (Å²) in [6.07, 6.45) is -4.63. The molecule has 0 radical (unpaired) electrons. The summed E-state index contributed by atoms with van der Waals surface area (Å²) >= 11 is 9.10. The van der Waals surface area contributed by atoms with Gasteiger partial charge in [-0.15, -0.1) is 10.2 Å². The van der Waals surface area contributed by atoms with Crippen molar-refractivity contribution >= 4 is 44.3 Å². The molecule has 4 aromatic rings. The number of aryl methyl sites for hydroxylation is 1. The van der Waals surface area contributed by atoms with Crippen LogP contribution in [-0.2, 0) is 12.1 Å². The molecule has 0 unspecified atom stereocenters. The van der Waals surface area contributed by atoms with Crippen molar-refractivity contribution in [2.75, 3.05) is 6.54 Å². The van der Waals surface area contributed by atoms with E-state index in [9.17, 15) is 26.7 Å². The van der Waals surface area contributed by atoms with Crippen molar-refractivity contribution in [3.8, 4) is 11.6 Å². The number of hydrogen-bond acceptors (Lipinski definition) is 4. The second kappa shape index (κ2) is 10.2. The van der Waals surface area contributed by atoms with Gasteiger partial charge in [0.05, 0.1) is 22.6 Å². The maximum Gasteiger partial charge on any atom is 0.416 e. The number of alkyl halides is 5. The average molecular weight is 601 g/mol. The third-order valence-corrected chi connectivity index (χ3v) is 6.09. The highest BCUT2D eigenvalue weighted by Crippen LogP contribution is 2.36. The number of amides is 1. The topological polar surface area (TPSA) is 64.1 Å². The van der Waals surface area contributed by atoms with Gasteiger partial charge >= 0.3 is 6.18 Å². The maximum absolute atomic E-state index is 14.9. The lowest BCUT2D eigenvalue weighted by atomic mass is 10.1. The van der Waals surface area contributed by atoms with Gasteiger partial charge in [0.25, 0.3) is 17.7 Å². The SMILES string of the molecule is Cc1ccc2c(C(=O)NCC(F)(F)c3ccc(Br)cc3Cl)c(Oc3cccc(C(F)(F)F)c3)nnc2c1. The van der Waals surface area contributed by atoms with Crippen LogP contribution in [0.5, 0.6) is 11.6 Å². The highest BCUT2D eigenvalue weighted by Gasteiger charge is 2.35. The predicted molar refractivity (Wildman–Crippen MR) is 131 cm³/mol. The van der Waals surface area contributed by atoms with Crippen LogP contribution in [0.4, 0.5) is 22.0 Å². The maximum atomic E-state index is 14.9. The van der Waals surface area contributed by atoms with Crippen molar-refractivity contribution < 1.29 is 31.5 Å². The molecule has 1 amide bonds. The van der Waals surface area contributed by atoms with E-state index in [1.807, 2.05) is 0 Å². The van der Waals surface area contributed by atoms with E-state index in [0.29, 0.717) is 4.47 Å². The summed E-state index contributed by atoms with van der Waals surface area (Å²) in [6.45, 7) is 0.655. The fourth-order valence-electron chi connectivity index (χ4n) is 3.50. The van der Waals surface area contributed by atoms with Crippen LogP contribution in [0.15, 0.2) is 65.1 Å². The largest absolute Gasteiger partial charge is 0.437 e. The molecule has 0 spiro atoms. The van der Waals surface area contributed by atoms with Crippen molar-refractivity contribution in [3.63, 3.8) is 0 Å². The van der Waals surface area contributed by atoms with Gasteiger partial charge < -0.3 is 10.1 Å². The Bertz CT molecular complexity index is 1500. The summed E-state index contributed by atoms with van der Waals surface area (Å²) in [7, 11) is 0. The highest BCUT2D eigenvalue weighted by atomic mass is 79.9. The third kappa shape index (κ3) is 5.99. The van der Waals surface area contributed by atoms with Gasteiger partial charge in [-0.1, -0.05) is 51.8 Å². The number of carbonyl (C=O) groups excluding carboxylic acids is 1. The normalized spacial score (nSPS) is 12.0. The second-order valence-electron chi connectivity index (χ2n) is 8.04. The quantitative estimate of drug-likeness (QED) is 0.231. The number of fused-ring (bicyclic) bond motifs is 1. The molecule has 12 heteroatoms. The number of benzene rings is 3. The Balaban J connectivity index is 1.70. The van der Waals surface area contributed by atoms with E-state index in [2.05, 4.69) is 31.4 Å². The van der Waals surface area contributed by atoms with Crippen LogP contribution in [-0.4, -0.2) is 22.6 Å². The van der Waals surface area contributed by atoms with Gasteiger partial charge in [0.2, 0.25) is 0 Å². The molecule has 0 aliphatic rings. The standard InChI is InChI=1S/C25H16BrClF5N3O2/c1-13-5-7-17-20(9-13)34-35-23(37-16-4-2-3-14(10-16)25(30,31)32)21(17)22(36)33-12-24(28,29)18-8-6-15(26)11-19(18)27/h2-11H,12H2,1H3,(H,33,36). The summed E-state index contributed by atoms with van der Waals surface area (Å²) in [5.41, 5.74) is -0.682. The number of rotatable bonds is 6. The molecule has 0 aliphatic carbocycles. The molecule has 37 heavy (non-hydrogen) atoms. The third-order valence-electron chi connectivity index (χ3n) is 5.28. The fraction of sp³-hybridized carbons (Fsp3) is 0.160. The van der Waals surface area contributed by atoms with Crippen LogP contribution in [0.1, 0.15) is 27.0 Å². The molecule has 1 aromatic heterocycles. The summed E-state index contributed by atoms with van der Waals surface area (Å²) < 4.78 is 75.2. The Labute approximate surface area is 220 Å². The smallest absolute Gasteiger partial charge is 0.416 e. The Hall–Kier alpha value is -3.31. The van der Waals surface area contributed by atoms with Gasteiger partial charge in [0.15, 0.2) is 0 Å². The van der Waals surface area contributed by atoms with Crippen LogP contribution in [0.3, 0.4) is 0 Å². The number of halogens is 7. The van der Waals surface area contributed by atoms with E-state index in [1.54, 1.807) is 19.1 Å². The van der Waals surface area contributed by atoms with Crippen LogP contribution in [0, 0.1) is 6.92 Å². The monoisotopic (exact) mass is 599 g/mol. The van der Waals surface area contributed by atoms with Crippen molar-refractivity contribution in [2.24, 2.45) is 0 Å². The minimum atomic E-state index is -4.63. The van der Waals surface area contributed by atoms with Gasteiger partial charge in [-0.25, -0.2) is 0 Å². The molecule has 0 bridgehead atoms. The zero-order chi connectivity index (χ0) is 27.0. The predicted octanol–water partition coefficient (Wildman–Crippen LogP) is 7.69. The Morgan fingerprint density at radius 2 is 1.78 bits per heavy atom. The lowest BCUT2D eigenvalue weighted by molar-refractivity contribution is -0.137. The molecule has 1 heterocycles. The van der Waals surface area contributed by atoms with Crippen LogP contribution in [0.25, 0.3) is 10.9 Å². The lowest BCUT2D eigenvalue weighted by Crippen LogP contribution is -2.35. The van der Waals surface area contributed by atoms with Gasteiger partial charge in [0, 0.05) is 15.4 Å². The summed E-state index contributed by atoms with van der Waals surface area (Å²) in [5, 5.41) is 10.0. The Morgan fingerprint density at radius 1 is 1.03 bits per heavy atom. The van der Waals surface area contributed by atoms with Crippen molar-refractivity contribution in [3.05, 3.63) is 92.4 Å². The lowest BCUT2D eigenvalue weighted by Gasteiger charge is -2.19. The summed E-state index contributed by atoms with van der Waals surface area (Å²) in [5.74, 6) is -5.24. The van der Waals surface area contributed by atoms with E-state index in [1.165, 1.54) is 24.3 Å². The van der Waals surface area contributed by atoms with E-state index in [4.69, 9.17) is 16.3 Å². The molecule has 4 rings (SSSR count). The number of nitrogens with zero attached hydrogens (tertiary/aromatic N) is 2. The first kappa shape index (κ1) is 26.7. The molecule has 0 saturated heterocycles. The molecule has 192 valence electrons. The molecule has 0 fully saturated rings.